The summed E-state index contributed by atoms with van der Waals surface area (Å²) >= 11 is 0. The Bertz CT molecular complexity index is 855. The number of benzene rings is 2. The van der Waals surface area contributed by atoms with Crippen molar-refractivity contribution in [1.82, 2.24) is 0 Å². The summed E-state index contributed by atoms with van der Waals surface area (Å²) in [5, 5.41) is 1.77. The van der Waals surface area contributed by atoms with E-state index in [1.54, 1.807) is 0 Å². The molecule has 2 fully saturated rings. The van der Waals surface area contributed by atoms with E-state index in [1.165, 1.54) is 0 Å². The Balaban J connectivity index is 1.56. The molecule has 28 heavy (non-hydrogen) atoms. The lowest BCUT2D eigenvalue weighted by Gasteiger charge is -2.17. The molecule has 0 N–H and O–H groups in total. The van der Waals surface area contributed by atoms with E-state index < -0.39 is 5.97 Å². The van der Waals surface area contributed by atoms with Crippen LogP contribution in [0.25, 0.3) is 10.8 Å². The smallest absolute Gasteiger partial charge is 0.330 e. The van der Waals surface area contributed by atoms with Crippen molar-refractivity contribution in [1.29, 1.82) is 0 Å². The van der Waals surface area contributed by atoms with Crippen molar-refractivity contribution in [2.75, 3.05) is 39.6 Å². The number of carbonyl (C=O) groups is 1. The minimum atomic E-state index is -0.479. The third-order valence-corrected chi connectivity index (χ3v) is 4.32. The second-order valence-electron chi connectivity index (χ2n) is 6.50. The highest BCUT2D eigenvalue weighted by atomic mass is 16.6. The van der Waals surface area contributed by atoms with Gasteiger partial charge in [-0.3, -0.25) is 0 Å². The third-order valence-electron chi connectivity index (χ3n) is 4.32. The van der Waals surface area contributed by atoms with Crippen LogP contribution < -0.4 is 14.2 Å². The van der Waals surface area contributed by atoms with Crippen LogP contribution in [0.2, 0.25) is 0 Å². The summed E-state index contributed by atoms with van der Waals surface area (Å²) in [7, 11) is 0. The minimum absolute atomic E-state index is 0.119. The fourth-order valence-electron chi connectivity index (χ4n) is 2.71. The summed E-state index contributed by atoms with van der Waals surface area (Å²) in [5.41, 5.74) is 0. The molecular formula is C21H22O7. The van der Waals surface area contributed by atoms with Crippen LogP contribution in [0.5, 0.6) is 17.2 Å². The summed E-state index contributed by atoms with van der Waals surface area (Å²) in [6, 6.07) is 9.59. The molecule has 2 saturated heterocycles. The molecule has 2 atom stereocenters. The summed E-state index contributed by atoms with van der Waals surface area (Å²) < 4.78 is 33.3. The number of hydrogen-bond acceptors (Lipinski definition) is 7. The van der Waals surface area contributed by atoms with Crippen molar-refractivity contribution in [3.05, 3.63) is 43.0 Å². The number of carbonyl (C=O) groups excluding carboxylic acids is 1. The van der Waals surface area contributed by atoms with Gasteiger partial charge >= 0.3 is 5.97 Å². The van der Waals surface area contributed by atoms with E-state index in [0.29, 0.717) is 43.7 Å². The molecule has 2 heterocycles. The van der Waals surface area contributed by atoms with E-state index in [-0.39, 0.29) is 25.4 Å². The lowest BCUT2D eigenvalue weighted by atomic mass is 10.1. The topological polar surface area (TPSA) is 79.1 Å². The average Bonchev–Trinajstić information content (AvgIpc) is 3.63. The van der Waals surface area contributed by atoms with Gasteiger partial charge in [-0.2, -0.15) is 0 Å². The van der Waals surface area contributed by atoms with Crippen LogP contribution in [0.15, 0.2) is 43.0 Å². The number of fused-ring (bicyclic) bond motifs is 1. The number of rotatable bonds is 11. The largest absolute Gasteiger partial charge is 0.489 e. The number of hydrogen-bond donors (Lipinski definition) is 0. The second-order valence-corrected chi connectivity index (χ2v) is 6.50. The first kappa shape index (κ1) is 18.6. The zero-order chi connectivity index (χ0) is 19.3. The second kappa shape index (κ2) is 8.50. The minimum Gasteiger partial charge on any atom is -0.489 e. The summed E-state index contributed by atoms with van der Waals surface area (Å²) in [4.78, 5) is 11.2. The van der Waals surface area contributed by atoms with Crippen molar-refractivity contribution in [2.45, 2.75) is 12.2 Å². The molecule has 2 aliphatic heterocycles. The molecular weight excluding hydrogens is 364 g/mol. The van der Waals surface area contributed by atoms with Gasteiger partial charge in [-0.15, -0.1) is 0 Å². The Morgan fingerprint density at radius 1 is 1.00 bits per heavy atom. The fraction of sp³-hybridized carbons (Fsp3) is 0.381. The number of epoxide rings is 2. The monoisotopic (exact) mass is 386 g/mol. The molecule has 4 rings (SSSR count). The van der Waals surface area contributed by atoms with Crippen LogP contribution in [0.3, 0.4) is 0 Å². The molecule has 148 valence electrons. The van der Waals surface area contributed by atoms with E-state index in [9.17, 15) is 4.79 Å². The van der Waals surface area contributed by atoms with E-state index in [0.717, 1.165) is 16.8 Å². The standard InChI is InChI=1S/C21H22O7/c1-2-20(22)24-8-7-23-18-9-19(27-12-14-10-25-14)21(28-13-15-11-26-15)17-6-4-3-5-16(17)18/h2-6,9,14-15H,1,7-8,10-13H2. The highest BCUT2D eigenvalue weighted by Gasteiger charge is 2.27. The maximum Gasteiger partial charge on any atom is 0.330 e. The predicted octanol–water partition coefficient (Wildman–Crippen LogP) is 2.50. The van der Waals surface area contributed by atoms with Gasteiger partial charge in [0.05, 0.1) is 13.2 Å². The zero-order valence-electron chi connectivity index (χ0n) is 15.4. The molecule has 0 amide bonds. The molecule has 0 spiro atoms. The van der Waals surface area contributed by atoms with Gasteiger partial charge in [-0.25, -0.2) is 4.79 Å². The van der Waals surface area contributed by atoms with Crippen molar-refractivity contribution in [3.63, 3.8) is 0 Å². The van der Waals surface area contributed by atoms with Crippen LogP contribution in [0, 0.1) is 0 Å². The zero-order valence-corrected chi connectivity index (χ0v) is 15.4. The molecule has 0 radical (unpaired) electrons. The SMILES string of the molecule is C=CC(=O)OCCOc1cc(OCC2CO2)c(OCC2CO2)c2ccccc12. The van der Waals surface area contributed by atoms with Crippen molar-refractivity contribution < 1.29 is 33.2 Å². The van der Waals surface area contributed by atoms with E-state index >= 15 is 0 Å². The van der Waals surface area contributed by atoms with Gasteiger partial charge in [0.15, 0.2) is 11.5 Å². The van der Waals surface area contributed by atoms with Crippen LogP contribution in [-0.2, 0) is 19.0 Å². The molecule has 7 heteroatoms. The molecule has 7 nitrogen and oxygen atoms in total. The van der Waals surface area contributed by atoms with E-state index in [4.69, 9.17) is 28.4 Å². The third kappa shape index (κ3) is 4.74. The van der Waals surface area contributed by atoms with Gasteiger partial charge in [0, 0.05) is 22.9 Å². The van der Waals surface area contributed by atoms with Crippen molar-refractivity contribution in [2.24, 2.45) is 0 Å². The summed E-state index contributed by atoms with van der Waals surface area (Å²) in [6.07, 6.45) is 1.37. The highest BCUT2D eigenvalue weighted by Crippen LogP contribution is 2.42. The Labute approximate surface area is 162 Å². The predicted molar refractivity (Wildman–Crippen MR) is 101 cm³/mol. The van der Waals surface area contributed by atoms with Crippen LogP contribution in [-0.4, -0.2) is 57.8 Å². The lowest BCUT2D eigenvalue weighted by molar-refractivity contribution is -0.138. The van der Waals surface area contributed by atoms with Gasteiger partial charge in [0.2, 0.25) is 0 Å². The maximum atomic E-state index is 11.2. The molecule has 2 aliphatic rings. The normalized spacial score (nSPS) is 19.7. The van der Waals surface area contributed by atoms with Crippen LogP contribution >= 0.6 is 0 Å². The van der Waals surface area contributed by atoms with Gasteiger partial charge in [-0.1, -0.05) is 30.8 Å². The molecule has 2 unspecified atom stereocenters. The van der Waals surface area contributed by atoms with Gasteiger partial charge < -0.3 is 28.4 Å². The lowest BCUT2D eigenvalue weighted by Crippen LogP contribution is -2.12. The van der Waals surface area contributed by atoms with Crippen molar-refractivity contribution >= 4 is 16.7 Å². The highest BCUT2D eigenvalue weighted by molar-refractivity contribution is 5.95. The average molecular weight is 386 g/mol. The molecule has 2 aromatic carbocycles. The Hall–Kier alpha value is -2.77. The van der Waals surface area contributed by atoms with Crippen LogP contribution in [0.4, 0.5) is 0 Å². The first-order valence-corrected chi connectivity index (χ1v) is 9.21. The van der Waals surface area contributed by atoms with Crippen LogP contribution in [0.1, 0.15) is 0 Å². The first-order chi connectivity index (χ1) is 13.7. The Kier molecular flexibility index (Phi) is 5.64. The Morgan fingerprint density at radius 3 is 2.36 bits per heavy atom. The molecule has 2 aromatic rings. The molecule has 0 aromatic heterocycles. The van der Waals surface area contributed by atoms with Crippen molar-refractivity contribution in [3.8, 4) is 17.2 Å². The van der Waals surface area contributed by atoms with Gasteiger partial charge in [-0.05, 0) is 0 Å². The summed E-state index contributed by atoms with van der Waals surface area (Å²) in [5.74, 6) is 1.41. The van der Waals surface area contributed by atoms with Gasteiger partial charge in [0.1, 0.15) is 44.4 Å². The maximum absolute atomic E-state index is 11.2. The molecule has 0 aliphatic carbocycles. The molecule has 0 bridgehead atoms. The van der Waals surface area contributed by atoms with E-state index in [2.05, 4.69) is 6.58 Å². The summed E-state index contributed by atoms with van der Waals surface area (Å²) in [6.45, 7) is 6.05. The number of ether oxygens (including phenoxy) is 6. The first-order valence-electron chi connectivity index (χ1n) is 9.21. The number of esters is 1. The quantitative estimate of drug-likeness (QED) is 0.254. The van der Waals surface area contributed by atoms with E-state index in [1.807, 2.05) is 30.3 Å². The molecule has 0 saturated carbocycles. The van der Waals surface area contributed by atoms with Gasteiger partial charge in [0.25, 0.3) is 0 Å². The fourth-order valence-corrected chi connectivity index (χ4v) is 2.71. The Morgan fingerprint density at radius 2 is 1.68 bits per heavy atom.